The van der Waals surface area contributed by atoms with Crippen LogP contribution in [0.5, 0.6) is 5.75 Å². The number of hydrogen-bond acceptors (Lipinski definition) is 3. The van der Waals surface area contributed by atoms with Crippen molar-refractivity contribution in [2.45, 2.75) is 25.2 Å². The number of para-hydroxylation sites is 1. The summed E-state index contributed by atoms with van der Waals surface area (Å²) in [5, 5.41) is 9.68. The van der Waals surface area contributed by atoms with E-state index < -0.39 is 10.0 Å². The lowest BCUT2D eigenvalue weighted by molar-refractivity contribution is 0.387. The van der Waals surface area contributed by atoms with Gasteiger partial charge in [0.1, 0.15) is 10.6 Å². The summed E-state index contributed by atoms with van der Waals surface area (Å²) in [5.74, 6) is 0.714. The van der Waals surface area contributed by atoms with Crippen LogP contribution in [0.1, 0.15) is 20.3 Å². The van der Waals surface area contributed by atoms with Gasteiger partial charge in [-0.05, 0) is 30.4 Å². The van der Waals surface area contributed by atoms with Crippen LogP contribution in [0.15, 0.2) is 29.2 Å². The highest BCUT2D eigenvalue weighted by Gasteiger charge is 2.34. The van der Waals surface area contributed by atoms with E-state index in [1.165, 1.54) is 16.4 Å². The molecule has 1 N–H and O–H groups in total. The summed E-state index contributed by atoms with van der Waals surface area (Å²) in [6.45, 7) is 5.31. The van der Waals surface area contributed by atoms with Crippen molar-refractivity contribution >= 4 is 10.0 Å². The third kappa shape index (κ3) is 2.37. The molecule has 5 heteroatoms. The Balaban J connectivity index is 2.26. The number of sulfonamides is 1. The first-order valence-electron chi connectivity index (χ1n) is 6.21. The molecular weight excluding hydrogens is 250 g/mol. The van der Waals surface area contributed by atoms with Crippen LogP contribution in [0.3, 0.4) is 0 Å². The number of hydrogen-bond donors (Lipinski definition) is 1. The van der Waals surface area contributed by atoms with Crippen molar-refractivity contribution in [3.05, 3.63) is 24.3 Å². The minimum absolute atomic E-state index is 0.00871. The first kappa shape index (κ1) is 13.4. The molecule has 1 saturated heterocycles. The van der Waals surface area contributed by atoms with Gasteiger partial charge in [0, 0.05) is 13.1 Å². The monoisotopic (exact) mass is 269 g/mol. The summed E-state index contributed by atoms with van der Waals surface area (Å²) in [6.07, 6.45) is 0.893. The highest BCUT2D eigenvalue weighted by atomic mass is 32.2. The Bertz CT molecular complexity index is 525. The summed E-state index contributed by atoms with van der Waals surface area (Å²) in [5.41, 5.74) is 0. The van der Waals surface area contributed by atoms with Gasteiger partial charge in [-0.25, -0.2) is 8.42 Å². The Kier molecular flexibility index (Phi) is 3.64. The van der Waals surface area contributed by atoms with Crippen molar-refractivity contribution < 1.29 is 13.5 Å². The maximum Gasteiger partial charge on any atom is 0.246 e. The molecule has 1 aliphatic heterocycles. The number of rotatable bonds is 3. The molecule has 0 aromatic heterocycles. The molecule has 1 fully saturated rings. The Morgan fingerprint density at radius 3 is 2.56 bits per heavy atom. The van der Waals surface area contributed by atoms with Gasteiger partial charge in [-0.1, -0.05) is 26.0 Å². The number of phenols is 1. The molecule has 1 aromatic carbocycles. The zero-order valence-corrected chi connectivity index (χ0v) is 11.5. The van der Waals surface area contributed by atoms with Gasteiger partial charge in [-0.3, -0.25) is 0 Å². The molecule has 0 aliphatic carbocycles. The number of phenolic OH excluding ortho intramolecular Hbond substituents is 1. The number of aromatic hydroxyl groups is 1. The van der Waals surface area contributed by atoms with Crippen LogP contribution in [-0.4, -0.2) is 30.9 Å². The molecule has 0 bridgehead atoms. The summed E-state index contributed by atoms with van der Waals surface area (Å²) >= 11 is 0. The topological polar surface area (TPSA) is 57.6 Å². The van der Waals surface area contributed by atoms with Crippen molar-refractivity contribution in [1.29, 1.82) is 0 Å². The Morgan fingerprint density at radius 1 is 1.33 bits per heavy atom. The van der Waals surface area contributed by atoms with Crippen LogP contribution < -0.4 is 0 Å². The fourth-order valence-corrected chi connectivity index (χ4v) is 3.93. The zero-order valence-electron chi connectivity index (χ0n) is 10.7. The smallest absolute Gasteiger partial charge is 0.246 e. The lowest BCUT2D eigenvalue weighted by Crippen LogP contribution is -2.29. The van der Waals surface area contributed by atoms with Crippen LogP contribution in [-0.2, 0) is 10.0 Å². The average Bonchev–Trinajstić information content (AvgIpc) is 2.79. The van der Waals surface area contributed by atoms with E-state index in [0.29, 0.717) is 24.9 Å². The van der Waals surface area contributed by atoms with Gasteiger partial charge in [0.25, 0.3) is 0 Å². The maximum absolute atomic E-state index is 12.4. The first-order valence-corrected chi connectivity index (χ1v) is 7.65. The molecule has 0 saturated carbocycles. The molecule has 1 heterocycles. The largest absolute Gasteiger partial charge is 0.507 e. The minimum Gasteiger partial charge on any atom is -0.507 e. The molecule has 4 nitrogen and oxygen atoms in total. The molecule has 1 unspecified atom stereocenters. The van der Waals surface area contributed by atoms with E-state index in [9.17, 15) is 13.5 Å². The molecule has 0 radical (unpaired) electrons. The van der Waals surface area contributed by atoms with E-state index in [1.54, 1.807) is 12.1 Å². The third-order valence-corrected chi connectivity index (χ3v) is 5.53. The van der Waals surface area contributed by atoms with Gasteiger partial charge < -0.3 is 5.11 Å². The Labute approximate surface area is 108 Å². The summed E-state index contributed by atoms with van der Waals surface area (Å²) in [4.78, 5) is 0.00871. The van der Waals surface area contributed by atoms with Crippen molar-refractivity contribution in [2.24, 2.45) is 11.8 Å². The molecule has 1 aromatic rings. The zero-order chi connectivity index (χ0) is 13.3. The molecule has 0 spiro atoms. The fourth-order valence-electron chi connectivity index (χ4n) is 2.33. The lowest BCUT2D eigenvalue weighted by Gasteiger charge is -2.18. The normalized spacial score (nSPS) is 21.6. The molecule has 0 amide bonds. The molecular formula is C13H19NO3S. The van der Waals surface area contributed by atoms with Gasteiger partial charge in [0.2, 0.25) is 10.0 Å². The Hall–Kier alpha value is -1.07. The lowest BCUT2D eigenvalue weighted by atomic mass is 9.96. The van der Waals surface area contributed by atoms with Crippen LogP contribution in [0.4, 0.5) is 0 Å². The number of benzene rings is 1. The van der Waals surface area contributed by atoms with E-state index in [0.717, 1.165) is 6.42 Å². The quantitative estimate of drug-likeness (QED) is 0.913. The highest BCUT2D eigenvalue weighted by Crippen LogP contribution is 2.31. The molecule has 18 heavy (non-hydrogen) atoms. The Morgan fingerprint density at radius 2 is 2.00 bits per heavy atom. The molecule has 1 atom stereocenters. The fraction of sp³-hybridized carbons (Fsp3) is 0.538. The second-order valence-corrected chi connectivity index (χ2v) is 7.03. The summed E-state index contributed by atoms with van der Waals surface area (Å²) in [6, 6.07) is 6.11. The molecule has 2 rings (SSSR count). The summed E-state index contributed by atoms with van der Waals surface area (Å²) in [7, 11) is -3.55. The van der Waals surface area contributed by atoms with Gasteiger partial charge >= 0.3 is 0 Å². The first-order chi connectivity index (χ1) is 8.43. The predicted octanol–water partition coefficient (Wildman–Crippen LogP) is 2.06. The van der Waals surface area contributed by atoms with Gasteiger partial charge in [-0.15, -0.1) is 0 Å². The number of nitrogens with zero attached hydrogens (tertiary/aromatic N) is 1. The SMILES string of the molecule is CC(C)C1CCN(S(=O)(=O)c2ccccc2O)C1. The van der Waals surface area contributed by atoms with Gasteiger partial charge in [-0.2, -0.15) is 4.31 Å². The van der Waals surface area contributed by atoms with Gasteiger partial charge in [0.15, 0.2) is 0 Å². The molecule has 1 aliphatic rings. The van der Waals surface area contributed by atoms with E-state index in [2.05, 4.69) is 13.8 Å². The highest BCUT2D eigenvalue weighted by molar-refractivity contribution is 7.89. The maximum atomic E-state index is 12.4. The van der Waals surface area contributed by atoms with Gasteiger partial charge in [0.05, 0.1) is 0 Å². The van der Waals surface area contributed by atoms with E-state index in [1.807, 2.05) is 0 Å². The van der Waals surface area contributed by atoms with Crippen molar-refractivity contribution in [2.75, 3.05) is 13.1 Å². The van der Waals surface area contributed by atoms with Crippen molar-refractivity contribution in [1.82, 2.24) is 4.31 Å². The molecule has 100 valence electrons. The second kappa shape index (κ2) is 4.90. The van der Waals surface area contributed by atoms with Crippen LogP contribution in [0.2, 0.25) is 0 Å². The van der Waals surface area contributed by atoms with Crippen molar-refractivity contribution in [3.8, 4) is 5.75 Å². The van der Waals surface area contributed by atoms with E-state index in [4.69, 9.17) is 0 Å². The van der Waals surface area contributed by atoms with Crippen LogP contribution in [0.25, 0.3) is 0 Å². The second-order valence-electron chi connectivity index (χ2n) is 5.12. The minimum atomic E-state index is -3.55. The standard InChI is InChI=1S/C13H19NO3S/c1-10(2)11-7-8-14(9-11)18(16,17)13-6-4-3-5-12(13)15/h3-6,10-11,15H,7-9H2,1-2H3. The van der Waals surface area contributed by atoms with Crippen LogP contribution in [0, 0.1) is 11.8 Å². The summed E-state index contributed by atoms with van der Waals surface area (Å²) < 4.78 is 26.3. The van der Waals surface area contributed by atoms with Crippen molar-refractivity contribution in [3.63, 3.8) is 0 Å². The van der Waals surface area contributed by atoms with E-state index >= 15 is 0 Å². The van der Waals surface area contributed by atoms with E-state index in [-0.39, 0.29) is 10.6 Å². The predicted molar refractivity (Wildman–Crippen MR) is 69.8 cm³/mol. The third-order valence-electron chi connectivity index (χ3n) is 3.61. The average molecular weight is 269 g/mol. The van der Waals surface area contributed by atoms with Crippen LogP contribution >= 0.6 is 0 Å².